The molecule has 2 aliphatic heterocycles. The Morgan fingerprint density at radius 3 is 2.39 bits per heavy atom. The minimum Gasteiger partial charge on any atom is -0.445 e. The molecule has 31 heavy (non-hydrogen) atoms. The zero-order valence-corrected chi connectivity index (χ0v) is 19.1. The molecule has 7 heteroatoms. The molecule has 2 heterocycles. The lowest BCUT2D eigenvalue weighted by Crippen LogP contribution is -2.50. The summed E-state index contributed by atoms with van der Waals surface area (Å²) in [7, 11) is 0. The Bertz CT molecular complexity index is 711. The number of ether oxygens (including phenoxy) is 2. The summed E-state index contributed by atoms with van der Waals surface area (Å²) in [5, 5.41) is 3.65. The van der Waals surface area contributed by atoms with Gasteiger partial charge in [-0.15, -0.1) is 0 Å². The number of carbonyl (C=O) groups excluding carboxylic acids is 2. The standard InChI is InChI=1S/C24H37N3O4/c1-24(2,3)31-23(29)27-13-7-10-21(17-27)25-16-19-11-14-26(15-12-19)22(28)30-18-20-8-5-4-6-9-20/h4-6,8-9,19,21,25H,7,10-18H2,1-3H3. The molecule has 172 valence electrons. The predicted molar refractivity (Wildman–Crippen MR) is 120 cm³/mol. The number of rotatable bonds is 5. The van der Waals surface area contributed by atoms with Crippen LogP contribution in [0.3, 0.4) is 0 Å². The van der Waals surface area contributed by atoms with Gasteiger partial charge in [0.25, 0.3) is 0 Å². The zero-order chi connectivity index (χ0) is 22.3. The SMILES string of the molecule is CC(C)(C)OC(=O)N1CCCC(NCC2CCN(C(=O)OCc3ccccc3)CC2)C1. The van der Waals surface area contributed by atoms with Gasteiger partial charge in [0.05, 0.1) is 0 Å². The molecule has 0 bridgehead atoms. The van der Waals surface area contributed by atoms with Gasteiger partial charge in [-0.25, -0.2) is 9.59 Å². The second kappa shape index (κ2) is 10.8. The normalized spacial score (nSPS) is 20.4. The molecule has 1 aromatic rings. The molecule has 2 saturated heterocycles. The molecule has 0 radical (unpaired) electrons. The van der Waals surface area contributed by atoms with Crippen molar-refractivity contribution in [2.75, 3.05) is 32.7 Å². The van der Waals surface area contributed by atoms with Gasteiger partial charge in [-0.1, -0.05) is 30.3 Å². The van der Waals surface area contributed by atoms with Crippen molar-refractivity contribution < 1.29 is 19.1 Å². The fraction of sp³-hybridized carbons (Fsp3) is 0.667. The van der Waals surface area contributed by atoms with Gasteiger partial charge in [0.2, 0.25) is 0 Å². The number of nitrogens with zero attached hydrogens (tertiary/aromatic N) is 2. The van der Waals surface area contributed by atoms with Crippen LogP contribution in [0.2, 0.25) is 0 Å². The summed E-state index contributed by atoms with van der Waals surface area (Å²) >= 11 is 0. The first-order valence-corrected chi connectivity index (χ1v) is 11.5. The van der Waals surface area contributed by atoms with Crippen LogP contribution in [-0.4, -0.2) is 66.4 Å². The third-order valence-corrected chi connectivity index (χ3v) is 5.85. The summed E-state index contributed by atoms with van der Waals surface area (Å²) in [5.41, 5.74) is 0.538. The first kappa shape index (κ1) is 23.4. The number of benzene rings is 1. The highest BCUT2D eigenvalue weighted by Crippen LogP contribution is 2.20. The average Bonchev–Trinajstić information content (AvgIpc) is 2.76. The molecule has 2 aliphatic rings. The lowest BCUT2D eigenvalue weighted by molar-refractivity contribution is 0.0185. The lowest BCUT2D eigenvalue weighted by atomic mass is 9.96. The molecular weight excluding hydrogens is 394 g/mol. The summed E-state index contributed by atoms with van der Waals surface area (Å²) in [6, 6.07) is 10.1. The maximum absolute atomic E-state index is 12.3. The smallest absolute Gasteiger partial charge is 0.410 e. The fourth-order valence-electron chi connectivity index (χ4n) is 4.10. The molecule has 7 nitrogen and oxygen atoms in total. The molecule has 0 saturated carbocycles. The third-order valence-electron chi connectivity index (χ3n) is 5.85. The van der Waals surface area contributed by atoms with Crippen molar-refractivity contribution in [1.29, 1.82) is 0 Å². The monoisotopic (exact) mass is 431 g/mol. The largest absolute Gasteiger partial charge is 0.445 e. The van der Waals surface area contributed by atoms with Gasteiger partial charge in [0, 0.05) is 32.2 Å². The Kier molecular flexibility index (Phi) is 8.18. The average molecular weight is 432 g/mol. The van der Waals surface area contributed by atoms with Crippen molar-refractivity contribution in [1.82, 2.24) is 15.1 Å². The van der Waals surface area contributed by atoms with E-state index in [1.165, 1.54) is 0 Å². The summed E-state index contributed by atoms with van der Waals surface area (Å²) in [5.74, 6) is 0.537. The second-order valence-electron chi connectivity index (χ2n) is 9.64. The number of hydrogen-bond donors (Lipinski definition) is 1. The summed E-state index contributed by atoms with van der Waals surface area (Å²) in [6.07, 6.45) is 3.55. The van der Waals surface area contributed by atoms with Gasteiger partial charge in [-0.3, -0.25) is 0 Å². The highest BCUT2D eigenvalue weighted by atomic mass is 16.6. The zero-order valence-electron chi connectivity index (χ0n) is 19.1. The van der Waals surface area contributed by atoms with E-state index in [-0.39, 0.29) is 12.2 Å². The Morgan fingerprint density at radius 2 is 1.71 bits per heavy atom. The van der Waals surface area contributed by atoms with Crippen LogP contribution in [0.15, 0.2) is 30.3 Å². The predicted octanol–water partition coefficient (Wildman–Crippen LogP) is 4.02. The minimum absolute atomic E-state index is 0.221. The number of carbonyl (C=O) groups is 2. The van der Waals surface area contributed by atoms with E-state index >= 15 is 0 Å². The molecule has 1 unspecified atom stereocenters. The van der Waals surface area contributed by atoms with E-state index in [2.05, 4.69) is 5.32 Å². The lowest BCUT2D eigenvalue weighted by Gasteiger charge is -2.36. The van der Waals surface area contributed by atoms with E-state index in [1.807, 2.05) is 60.9 Å². The molecule has 2 amide bonds. The summed E-state index contributed by atoms with van der Waals surface area (Å²) < 4.78 is 11.0. The van der Waals surface area contributed by atoms with Gasteiger partial charge >= 0.3 is 12.2 Å². The van der Waals surface area contributed by atoms with Crippen LogP contribution >= 0.6 is 0 Å². The molecule has 1 aromatic carbocycles. The molecule has 0 aromatic heterocycles. The molecule has 1 atom stereocenters. The molecule has 1 N–H and O–H groups in total. The minimum atomic E-state index is -0.465. The Morgan fingerprint density at radius 1 is 1.00 bits per heavy atom. The van der Waals surface area contributed by atoms with E-state index in [9.17, 15) is 9.59 Å². The Balaban J connectivity index is 1.34. The molecule has 2 fully saturated rings. The first-order chi connectivity index (χ1) is 14.8. The van der Waals surface area contributed by atoms with Gasteiger partial charge in [0.1, 0.15) is 12.2 Å². The first-order valence-electron chi connectivity index (χ1n) is 11.5. The number of piperidine rings is 2. The Hall–Kier alpha value is -2.28. The van der Waals surface area contributed by atoms with Gasteiger partial charge in [-0.2, -0.15) is 0 Å². The summed E-state index contributed by atoms with van der Waals surface area (Å²) in [4.78, 5) is 28.3. The quantitative estimate of drug-likeness (QED) is 0.762. The van der Waals surface area contributed by atoms with Crippen molar-refractivity contribution in [2.45, 2.75) is 64.7 Å². The van der Waals surface area contributed by atoms with Crippen LogP contribution in [0.5, 0.6) is 0 Å². The second-order valence-corrected chi connectivity index (χ2v) is 9.64. The van der Waals surface area contributed by atoms with Crippen LogP contribution in [0.1, 0.15) is 52.0 Å². The summed E-state index contributed by atoms with van der Waals surface area (Å²) in [6.45, 7) is 9.84. The van der Waals surface area contributed by atoms with Gasteiger partial charge in [0.15, 0.2) is 0 Å². The highest BCUT2D eigenvalue weighted by molar-refractivity contribution is 5.68. The maximum atomic E-state index is 12.3. The van der Waals surface area contributed by atoms with Crippen LogP contribution in [0, 0.1) is 5.92 Å². The molecule has 0 aliphatic carbocycles. The molecular formula is C24H37N3O4. The number of hydrogen-bond acceptors (Lipinski definition) is 5. The highest BCUT2D eigenvalue weighted by Gasteiger charge is 2.29. The van der Waals surface area contributed by atoms with Gasteiger partial charge in [-0.05, 0) is 64.5 Å². The number of likely N-dealkylation sites (tertiary alicyclic amines) is 2. The topological polar surface area (TPSA) is 71.1 Å². The van der Waals surface area contributed by atoms with Crippen LogP contribution in [-0.2, 0) is 16.1 Å². The van der Waals surface area contributed by atoms with E-state index in [0.717, 1.165) is 57.4 Å². The van der Waals surface area contributed by atoms with Gasteiger partial charge < -0.3 is 24.6 Å². The number of nitrogens with one attached hydrogen (secondary N) is 1. The Labute approximate surface area is 186 Å². The molecule has 0 spiro atoms. The van der Waals surface area contributed by atoms with E-state index in [1.54, 1.807) is 0 Å². The molecule has 3 rings (SSSR count). The van der Waals surface area contributed by atoms with Crippen molar-refractivity contribution in [3.8, 4) is 0 Å². The van der Waals surface area contributed by atoms with Crippen LogP contribution in [0.4, 0.5) is 9.59 Å². The van der Waals surface area contributed by atoms with Crippen molar-refractivity contribution >= 4 is 12.2 Å². The van der Waals surface area contributed by atoms with E-state index in [4.69, 9.17) is 9.47 Å². The third kappa shape index (κ3) is 7.73. The van der Waals surface area contributed by atoms with Crippen molar-refractivity contribution in [2.24, 2.45) is 5.92 Å². The van der Waals surface area contributed by atoms with Crippen LogP contribution < -0.4 is 5.32 Å². The van der Waals surface area contributed by atoms with Crippen molar-refractivity contribution in [3.63, 3.8) is 0 Å². The van der Waals surface area contributed by atoms with Crippen LogP contribution in [0.25, 0.3) is 0 Å². The van der Waals surface area contributed by atoms with E-state index in [0.29, 0.717) is 25.1 Å². The number of amides is 2. The van der Waals surface area contributed by atoms with Crippen molar-refractivity contribution in [3.05, 3.63) is 35.9 Å². The van der Waals surface area contributed by atoms with E-state index < -0.39 is 5.60 Å². The fourth-order valence-corrected chi connectivity index (χ4v) is 4.10. The maximum Gasteiger partial charge on any atom is 0.410 e.